The van der Waals surface area contributed by atoms with Crippen LogP contribution >= 0.6 is 0 Å². The van der Waals surface area contributed by atoms with Gasteiger partial charge in [0.1, 0.15) is 18.1 Å². The molecule has 1 saturated carbocycles. The van der Waals surface area contributed by atoms with Crippen molar-refractivity contribution in [2.75, 3.05) is 30.0 Å². The summed E-state index contributed by atoms with van der Waals surface area (Å²) < 4.78 is 11.4. The minimum atomic E-state index is -0.206. The van der Waals surface area contributed by atoms with Crippen LogP contribution in [0.5, 0.6) is 11.5 Å². The number of fused-ring (bicyclic) bond motifs is 1. The van der Waals surface area contributed by atoms with E-state index in [1.807, 2.05) is 31.2 Å². The van der Waals surface area contributed by atoms with Crippen molar-refractivity contribution >= 4 is 23.3 Å². The van der Waals surface area contributed by atoms with Crippen LogP contribution in [-0.2, 0) is 4.79 Å². The number of benzene rings is 2. The number of carbonyl (C=O) groups excluding carboxylic acids is 2. The van der Waals surface area contributed by atoms with E-state index in [9.17, 15) is 9.59 Å². The van der Waals surface area contributed by atoms with E-state index in [1.54, 1.807) is 23.1 Å². The molecule has 2 N–H and O–H groups in total. The van der Waals surface area contributed by atoms with Crippen molar-refractivity contribution in [3.8, 4) is 11.5 Å². The molecule has 0 unspecified atom stereocenters. The zero-order valence-electron chi connectivity index (χ0n) is 17.9. The highest BCUT2D eigenvalue weighted by Crippen LogP contribution is 2.34. The quantitative estimate of drug-likeness (QED) is 0.728. The van der Waals surface area contributed by atoms with Crippen LogP contribution < -0.4 is 25.0 Å². The average Bonchev–Trinajstić information content (AvgIpc) is 2.76. The normalized spacial score (nSPS) is 16.3. The Hall–Kier alpha value is -3.22. The number of hydrogen-bond acceptors (Lipinski definition) is 4. The topological polar surface area (TPSA) is 79.9 Å². The fraction of sp³-hybridized carbons (Fsp3) is 0.417. The molecule has 2 aliphatic rings. The number of ether oxygens (including phenoxy) is 2. The second-order valence-electron chi connectivity index (χ2n) is 8.11. The molecule has 2 aromatic carbocycles. The molecule has 164 valence electrons. The van der Waals surface area contributed by atoms with E-state index in [0.29, 0.717) is 30.3 Å². The highest BCUT2D eigenvalue weighted by molar-refractivity contribution is 5.99. The van der Waals surface area contributed by atoms with Crippen molar-refractivity contribution in [1.82, 2.24) is 5.32 Å². The van der Waals surface area contributed by atoms with Gasteiger partial charge in [-0.15, -0.1) is 0 Å². The number of rotatable bonds is 6. The van der Waals surface area contributed by atoms with E-state index in [4.69, 9.17) is 9.47 Å². The Balaban J connectivity index is 1.36. The third-order valence-corrected chi connectivity index (χ3v) is 5.67. The highest BCUT2D eigenvalue weighted by Gasteiger charge is 2.26. The van der Waals surface area contributed by atoms with E-state index in [2.05, 4.69) is 10.6 Å². The van der Waals surface area contributed by atoms with Crippen molar-refractivity contribution in [1.29, 1.82) is 0 Å². The molecule has 2 aromatic rings. The minimum Gasteiger partial charge on any atom is -0.492 e. The summed E-state index contributed by atoms with van der Waals surface area (Å²) in [5.74, 6) is 1.24. The molecule has 4 rings (SSSR count). The summed E-state index contributed by atoms with van der Waals surface area (Å²) in [6.45, 7) is 2.77. The van der Waals surface area contributed by atoms with Crippen LogP contribution in [0.4, 0.5) is 16.2 Å². The van der Waals surface area contributed by atoms with Gasteiger partial charge in [0.05, 0.1) is 12.2 Å². The number of carbonyl (C=O) groups is 2. The third kappa shape index (κ3) is 5.48. The zero-order chi connectivity index (χ0) is 21.6. The highest BCUT2D eigenvalue weighted by atomic mass is 16.5. The predicted molar refractivity (Wildman–Crippen MR) is 120 cm³/mol. The first-order valence-electron chi connectivity index (χ1n) is 10.9. The summed E-state index contributed by atoms with van der Waals surface area (Å²) in [6, 6.07) is 13.2. The molecular formula is C24H29N3O4. The molecule has 0 bridgehead atoms. The number of nitrogens with zero attached hydrogens (tertiary/aromatic N) is 1. The molecule has 3 amide bonds. The maximum atomic E-state index is 12.4. The molecule has 7 heteroatoms. The molecule has 1 fully saturated rings. The van der Waals surface area contributed by atoms with E-state index in [0.717, 1.165) is 37.0 Å². The Morgan fingerprint density at radius 1 is 1.16 bits per heavy atom. The van der Waals surface area contributed by atoms with Gasteiger partial charge in [0.15, 0.2) is 6.61 Å². The summed E-state index contributed by atoms with van der Waals surface area (Å²) in [5.41, 5.74) is 2.44. The standard InChI is InChI=1S/C24H29N3O4/c1-17-6-5-9-20(14-17)30-13-12-27-21-11-10-19(15-22(21)31-16-23(27)28)26-24(29)25-18-7-3-2-4-8-18/h5-6,9-11,14-15,18H,2-4,7-8,12-13,16H2,1H3,(H2,25,26,29). The molecule has 31 heavy (non-hydrogen) atoms. The first-order chi connectivity index (χ1) is 15.1. The summed E-state index contributed by atoms with van der Waals surface area (Å²) in [5, 5.41) is 5.92. The lowest BCUT2D eigenvalue weighted by atomic mass is 9.96. The number of amides is 3. The van der Waals surface area contributed by atoms with Gasteiger partial charge in [-0.1, -0.05) is 31.4 Å². The SMILES string of the molecule is Cc1cccc(OCCN2C(=O)COc3cc(NC(=O)NC4CCCCC4)ccc32)c1. The maximum absolute atomic E-state index is 12.4. The first-order valence-corrected chi connectivity index (χ1v) is 10.9. The van der Waals surface area contributed by atoms with Crippen LogP contribution in [0.15, 0.2) is 42.5 Å². The smallest absolute Gasteiger partial charge is 0.319 e. The zero-order valence-corrected chi connectivity index (χ0v) is 17.9. The molecule has 0 atom stereocenters. The Morgan fingerprint density at radius 3 is 2.81 bits per heavy atom. The number of hydrogen-bond donors (Lipinski definition) is 2. The summed E-state index contributed by atoms with van der Waals surface area (Å²) in [6.07, 6.45) is 5.63. The molecule has 7 nitrogen and oxygen atoms in total. The maximum Gasteiger partial charge on any atom is 0.319 e. The van der Waals surface area contributed by atoms with Gasteiger partial charge < -0.3 is 25.0 Å². The Bertz CT molecular complexity index is 940. The minimum absolute atomic E-state index is 0.0326. The second kappa shape index (κ2) is 9.73. The largest absolute Gasteiger partial charge is 0.492 e. The van der Waals surface area contributed by atoms with Gasteiger partial charge in [-0.2, -0.15) is 0 Å². The first kappa shape index (κ1) is 21.0. The molecule has 0 radical (unpaired) electrons. The van der Waals surface area contributed by atoms with Gasteiger partial charge in [-0.05, 0) is 49.6 Å². The van der Waals surface area contributed by atoms with Gasteiger partial charge in [0.2, 0.25) is 0 Å². The molecule has 0 aromatic heterocycles. The Labute approximate surface area is 182 Å². The van der Waals surface area contributed by atoms with E-state index < -0.39 is 0 Å². The van der Waals surface area contributed by atoms with Gasteiger partial charge in [0, 0.05) is 17.8 Å². The Morgan fingerprint density at radius 2 is 2.00 bits per heavy atom. The molecule has 1 aliphatic heterocycles. The lowest BCUT2D eigenvalue weighted by Crippen LogP contribution is -2.41. The summed E-state index contributed by atoms with van der Waals surface area (Å²) >= 11 is 0. The van der Waals surface area contributed by atoms with Crippen molar-refractivity contribution in [3.05, 3.63) is 48.0 Å². The van der Waals surface area contributed by atoms with E-state index >= 15 is 0 Å². The Kier molecular flexibility index (Phi) is 6.60. The molecule has 1 aliphatic carbocycles. The second-order valence-corrected chi connectivity index (χ2v) is 8.11. The number of anilines is 2. The number of nitrogens with one attached hydrogen (secondary N) is 2. The number of urea groups is 1. The van der Waals surface area contributed by atoms with Crippen molar-refractivity contribution < 1.29 is 19.1 Å². The monoisotopic (exact) mass is 423 g/mol. The number of aryl methyl sites for hydroxylation is 1. The lowest BCUT2D eigenvalue weighted by Gasteiger charge is -2.29. The van der Waals surface area contributed by atoms with Crippen LogP contribution in [0.2, 0.25) is 0 Å². The van der Waals surface area contributed by atoms with Crippen molar-refractivity contribution in [3.63, 3.8) is 0 Å². The molecule has 0 saturated heterocycles. The third-order valence-electron chi connectivity index (χ3n) is 5.67. The van der Waals surface area contributed by atoms with Crippen molar-refractivity contribution in [2.45, 2.75) is 45.1 Å². The van der Waals surface area contributed by atoms with Gasteiger partial charge in [0.25, 0.3) is 5.91 Å². The van der Waals surface area contributed by atoms with Crippen LogP contribution in [-0.4, -0.2) is 37.7 Å². The van der Waals surface area contributed by atoms with Crippen molar-refractivity contribution in [2.24, 2.45) is 0 Å². The van der Waals surface area contributed by atoms with E-state index in [-0.39, 0.29) is 24.6 Å². The summed E-state index contributed by atoms with van der Waals surface area (Å²) in [7, 11) is 0. The predicted octanol–water partition coefficient (Wildman–Crippen LogP) is 4.25. The fourth-order valence-electron chi connectivity index (χ4n) is 4.09. The molecule has 0 spiro atoms. The van der Waals surface area contributed by atoms with Crippen LogP contribution in [0, 0.1) is 6.92 Å². The van der Waals surface area contributed by atoms with Crippen LogP contribution in [0.3, 0.4) is 0 Å². The average molecular weight is 424 g/mol. The molecule has 1 heterocycles. The lowest BCUT2D eigenvalue weighted by molar-refractivity contribution is -0.121. The van der Waals surface area contributed by atoms with Gasteiger partial charge >= 0.3 is 6.03 Å². The summed E-state index contributed by atoms with van der Waals surface area (Å²) in [4.78, 5) is 26.4. The van der Waals surface area contributed by atoms with Crippen LogP contribution in [0.25, 0.3) is 0 Å². The van der Waals surface area contributed by atoms with Gasteiger partial charge in [-0.25, -0.2) is 4.79 Å². The van der Waals surface area contributed by atoms with Crippen LogP contribution in [0.1, 0.15) is 37.7 Å². The van der Waals surface area contributed by atoms with E-state index in [1.165, 1.54) is 6.42 Å². The van der Waals surface area contributed by atoms with Gasteiger partial charge in [-0.3, -0.25) is 4.79 Å². The molecular weight excluding hydrogens is 394 g/mol. The fourth-order valence-corrected chi connectivity index (χ4v) is 4.09.